The molecule has 0 saturated carbocycles. The smallest absolute Gasteiger partial charge is 0.0696 e. The molecule has 1 aromatic heterocycles. The van der Waals surface area contributed by atoms with Gasteiger partial charge in [-0.05, 0) is 35.1 Å². The quantitative estimate of drug-likeness (QED) is 0.871. The zero-order valence-corrected chi connectivity index (χ0v) is 10.1. The summed E-state index contributed by atoms with van der Waals surface area (Å²) in [5, 5.41) is 9.07. The molecule has 1 aromatic carbocycles. The standard InChI is InChI=1S/C15H17NO/c1-2-12-4-3-5-13(6-12)7-14-8-15(11-17)10-16-9-14/h3-6,8-10,17H,2,7,11H2,1H3. The number of nitrogens with zero attached hydrogens (tertiary/aromatic N) is 1. The van der Waals surface area contributed by atoms with E-state index in [0.717, 1.165) is 24.0 Å². The summed E-state index contributed by atoms with van der Waals surface area (Å²) < 4.78 is 0. The third kappa shape index (κ3) is 3.14. The molecule has 0 amide bonds. The Kier molecular flexibility index (Phi) is 3.89. The van der Waals surface area contributed by atoms with Gasteiger partial charge in [-0.3, -0.25) is 4.98 Å². The monoisotopic (exact) mass is 227 g/mol. The predicted octanol–water partition coefficient (Wildman–Crippen LogP) is 2.73. The number of benzene rings is 1. The van der Waals surface area contributed by atoms with E-state index in [1.807, 2.05) is 12.3 Å². The van der Waals surface area contributed by atoms with Crippen LogP contribution in [0.3, 0.4) is 0 Å². The van der Waals surface area contributed by atoms with Gasteiger partial charge in [-0.15, -0.1) is 0 Å². The Morgan fingerprint density at radius 1 is 1.00 bits per heavy atom. The Hall–Kier alpha value is -1.67. The van der Waals surface area contributed by atoms with Crippen LogP contribution in [0.4, 0.5) is 0 Å². The zero-order chi connectivity index (χ0) is 12.1. The van der Waals surface area contributed by atoms with Crippen molar-refractivity contribution in [3.63, 3.8) is 0 Å². The number of aliphatic hydroxyl groups excluding tert-OH is 1. The number of hydrogen-bond donors (Lipinski definition) is 1. The molecule has 1 N–H and O–H groups in total. The summed E-state index contributed by atoms with van der Waals surface area (Å²) in [6.07, 6.45) is 5.49. The molecule has 2 heteroatoms. The maximum atomic E-state index is 9.07. The molecule has 2 rings (SSSR count). The first-order valence-electron chi connectivity index (χ1n) is 5.93. The highest BCUT2D eigenvalue weighted by molar-refractivity contribution is 5.29. The van der Waals surface area contributed by atoms with Crippen LogP contribution >= 0.6 is 0 Å². The molecule has 2 aromatic rings. The third-order valence-corrected chi connectivity index (χ3v) is 2.84. The van der Waals surface area contributed by atoms with Crippen molar-refractivity contribution < 1.29 is 5.11 Å². The molecular formula is C15H17NO. The van der Waals surface area contributed by atoms with Crippen molar-refractivity contribution in [1.29, 1.82) is 0 Å². The molecule has 0 aliphatic heterocycles. The van der Waals surface area contributed by atoms with E-state index in [0.29, 0.717) is 0 Å². The van der Waals surface area contributed by atoms with Crippen LogP contribution in [-0.2, 0) is 19.4 Å². The van der Waals surface area contributed by atoms with Crippen molar-refractivity contribution in [2.75, 3.05) is 0 Å². The second-order valence-electron chi connectivity index (χ2n) is 4.21. The van der Waals surface area contributed by atoms with Gasteiger partial charge in [-0.25, -0.2) is 0 Å². The number of rotatable bonds is 4. The normalized spacial score (nSPS) is 10.5. The van der Waals surface area contributed by atoms with Crippen molar-refractivity contribution in [3.05, 3.63) is 65.0 Å². The van der Waals surface area contributed by atoms with E-state index in [9.17, 15) is 0 Å². The summed E-state index contributed by atoms with van der Waals surface area (Å²) in [7, 11) is 0. The number of aromatic nitrogens is 1. The van der Waals surface area contributed by atoms with E-state index in [2.05, 4.69) is 36.2 Å². The fraction of sp³-hybridized carbons (Fsp3) is 0.267. The van der Waals surface area contributed by atoms with Crippen molar-refractivity contribution in [2.45, 2.75) is 26.4 Å². The fourth-order valence-electron chi connectivity index (χ4n) is 1.92. The van der Waals surface area contributed by atoms with Gasteiger partial charge in [-0.2, -0.15) is 0 Å². The molecule has 88 valence electrons. The Morgan fingerprint density at radius 2 is 1.71 bits per heavy atom. The summed E-state index contributed by atoms with van der Waals surface area (Å²) in [5.41, 5.74) is 4.66. The largest absolute Gasteiger partial charge is 0.392 e. The highest BCUT2D eigenvalue weighted by Crippen LogP contribution is 2.12. The summed E-state index contributed by atoms with van der Waals surface area (Å²) in [4.78, 5) is 4.13. The molecule has 0 atom stereocenters. The van der Waals surface area contributed by atoms with Gasteiger partial charge < -0.3 is 5.11 Å². The second kappa shape index (κ2) is 5.60. The highest BCUT2D eigenvalue weighted by Gasteiger charge is 1.99. The van der Waals surface area contributed by atoms with E-state index in [1.165, 1.54) is 11.1 Å². The Bertz CT molecular complexity index is 448. The van der Waals surface area contributed by atoms with Crippen LogP contribution < -0.4 is 0 Å². The Balaban J connectivity index is 2.18. The molecule has 0 radical (unpaired) electrons. The average Bonchev–Trinajstić information content (AvgIpc) is 2.39. The van der Waals surface area contributed by atoms with Gasteiger partial charge >= 0.3 is 0 Å². The average molecular weight is 227 g/mol. The summed E-state index contributed by atoms with van der Waals surface area (Å²) in [6.45, 7) is 2.21. The first kappa shape index (κ1) is 11.8. The molecular weight excluding hydrogens is 210 g/mol. The van der Waals surface area contributed by atoms with E-state index in [-0.39, 0.29) is 6.61 Å². The van der Waals surface area contributed by atoms with Crippen molar-refractivity contribution in [2.24, 2.45) is 0 Å². The molecule has 0 fully saturated rings. The molecule has 2 nitrogen and oxygen atoms in total. The van der Waals surface area contributed by atoms with Crippen LogP contribution in [0.1, 0.15) is 29.2 Å². The maximum absolute atomic E-state index is 9.07. The lowest BCUT2D eigenvalue weighted by Crippen LogP contribution is -1.93. The van der Waals surface area contributed by atoms with Crippen LogP contribution in [0.2, 0.25) is 0 Å². The van der Waals surface area contributed by atoms with Gasteiger partial charge in [0, 0.05) is 12.4 Å². The van der Waals surface area contributed by atoms with Crippen LogP contribution in [0, 0.1) is 0 Å². The first-order chi connectivity index (χ1) is 8.31. The van der Waals surface area contributed by atoms with Gasteiger partial charge in [-0.1, -0.05) is 37.3 Å². The molecule has 0 aliphatic rings. The van der Waals surface area contributed by atoms with Gasteiger partial charge in [0.25, 0.3) is 0 Å². The highest BCUT2D eigenvalue weighted by atomic mass is 16.3. The summed E-state index contributed by atoms with van der Waals surface area (Å²) in [6, 6.07) is 10.6. The van der Waals surface area contributed by atoms with Gasteiger partial charge in [0.1, 0.15) is 0 Å². The van der Waals surface area contributed by atoms with Crippen LogP contribution in [0.5, 0.6) is 0 Å². The maximum Gasteiger partial charge on any atom is 0.0696 e. The third-order valence-electron chi connectivity index (χ3n) is 2.84. The lowest BCUT2D eigenvalue weighted by Gasteiger charge is -2.05. The number of pyridine rings is 1. The fourth-order valence-corrected chi connectivity index (χ4v) is 1.92. The molecule has 0 saturated heterocycles. The van der Waals surface area contributed by atoms with Gasteiger partial charge in [0.2, 0.25) is 0 Å². The SMILES string of the molecule is CCc1cccc(Cc2cncc(CO)c2)c1. The summed E-state index contributed by atoms with van der Waals surface area (Å²) in [5.74, 6) is 0. The first-order valence-corrected chi connectivity index (χ1v) is 5.93. The number of aryl methyl sites for hydroxylation is 1. The van der Waals surface area contributed by atoms with Crippen molar-refractivity contribution >= 4 is 0 Å². The minimum Gasteiger partial charge on any atom is -0.392 e. The van der Waals surface area contributed by atoms with Gasteiger partial charge in [0.15, 0.2) is 0 Å². The van der Waals surface area contributed by atoms with E-state index in [1.54, 1.807) is 6.20 Å². The lowest BCUT2D eigenvalue weighted by atomic mass is 10.0. The predicted molar refractivity (Wildman–Crippen MR) is 68.8 cm³/mol. The number of hydrogen-bond acceptors (Lipinski definition) is 2. The van der Waals surface area contributed by atoms with Crippen molar-refractivity contribution in [3.8, 4) is 0 Å². The lowest BCUT2D eigenvalue weighted by molar-refractivity contribution is 0.281. The van der Waals surface area contributed by atoms with E-state index < -0.39 is 0 Å². The van der Waals surface area contributed by atoms with Crippen LogP contribution in [0.15, 0.2) is 42.7 Å². The minimum absolute atomic E-state index is 0.0514. The molecule has 0 spiro atoms. The molecule has 0 bridgehead atoms. The number of aliphatic hydroxyl groups is 1. The van der Waals surface area contributed by atoms with Crippen LogP contribution in [-0.4, -0.2) is 10.1 Å². The topological polar surface area (TPSA) is 33.1 Å². The second-order valence-corrected chi connectivity index (χ2v) is 4.21. The van der Waals surface area contributed by atoms with Crippen LogP contribution in [0.25, 0.3) is 0 Å². The van der Waals surface area contributed by atoms with E-state index >= 15 is 0 Å². The molecule has 1 heterocycles. The molecule has 0 aliphatic carbocycles. The molecule has 17 heavy (non-hydrogen) atoms. The summed E-state index contributed by atoms with van der Waals surface area (Å²) >= 11 is 0. The Labute approximate surface area is 102 Å². The minimum atomic E-state index is 0.0514. The van der Waals surface area contributed by atoms with Crippen molar-refractivity contribution in [1.82, 2.24) is 4.98 Å². The Morgan fingerprint density at radius 3 is 2.47 bits per heavy atom. The zero-order valence-electron chi connectivity index (χ0n) is 10.1. The van der Waals surface area contributed by atoms with Gasteiger partial charge in [0.05, 0.1) is 6.61 Å². The molecule has 0 unspecified atom stereocenters. The van der Waals surface area contributed by atoms with E-state index in [4.69, 9.17) is 5.11 Å².